The summed E-state index contributed by atoms with van der Waals surface area (Å²) in [5, 5.41) is 3.68. The Morgan fingerprint density at radius 2 is 1.14 bits per heavy atom. The molecule has 0 spiro atoms. The number of aryl methyl sites for hydroxylation is 2. The molecule has 1 nitrogen and oxygen atoms in total. The van der Waals surface area contributed by atoms with Crippen molar-refractivity contribution in [2.45, 2.75) is 46.1 Å². The molecule has 0 unspecified atom stereocenters. The lowest BCUT2D eigenvalue weighted by Crippen LogP contribution is -2.23. The summed E-state index contributed by atoms with van der Waals surface area (Å²) in [5.74, 6) is 0. The van der Waals surface area contributed by atoms with E-state index in [2.05, 4.69) is 74.6 Å². The van der Waals surface area contributed by atoms with Gasteiger partial charge in [0.05, 0.1) is 6.04 Å². The molecule has 0 amide bonds. The van der Waals surface area contributed by atoms with Crippen LogP contribution in [0.4, 0.5) is 0 Å². The van der Waals surface area contributed by atoms with Gasteiger partial charge in [-0.05, 0) is 48.1 Å². The van der Waals surface area contributed by atoms with Gasteiger partial charge in [-0.15, -0.1) is 0 Å². The van der Waals surface area contributed by atoms with Gasteiger partial charge < -0.3 is 5.32 Å². The molecule has 2 aromatic carbocycles. The SMILES string of the molecule is CCCNC(c1ccc(CC)cc1)c1ccc(CC)cc1. The molecule has 0 bridgehead atoms. The van der Waals surface area contributed by atoms with Gasteiger partial charge in [0.15, 0.2) is 0 Å². The summed E-state index contributed by atoms with van der Waals surface area (Å²) in [7, 11) is 0. The molecule has 1 N–H and O–H groups in total. The molecule has 0 heterocycles. The van der Waals surface area contributed by atoms with Crippen molar-refractivity contribution in [1.82, 2.24) is 5.32 Å². The number of hydrogen-bond acceptors (Lipinski definition) is 1. The van der Waals surface area contributed by atoms with Crippen LogP contribution < -0.4 is 5.32 Å². The van der Waals surface area contributed by atoms with Crippen molar-refractivity contribution >= 4 is 0 Å². The van der Waals surface area contributed by atoms with Crippen LogP contribution >= 0.6 is 0 Å². The Hall–Kier alpha value is -1.60. The lowest BCUT2D eigenvalue weighted by molar-refractivity contribution is 0.598. The van der Waals surface area contributed by atoms with Crippen molar-refractivity contribution in [3.63, 3.8) is 0 Å². The first-order valence-corrected chi connectivity index (χ1v) is 8.19. The van der Waals surface area contributed by atoms with E-state index in [9.17, 15) is 0 Å². The summed E-state index contributed by atoms with van der Waals surface area (Å²) < 4.78 is 0. The molecule has 0 aromatic heterocycles. The highest BCUT2D eigenvalue weighted by molar-refractivity contribution is 5.35. The van der Waals surface area contributed by atoms with E-state index in [0.717, 1.165) is 25.8 Å². The molecule has 0 radical (unpaired) electrons. The molecule has 0 aliphatic heterocycles. The number of nitrogens with one attached hydrogen (secondary N) is 1. The lowest BCUT2D eigenvalue weighted by Gasteiger charge is -2.20. The zero-order chi connectivity index (χ0) is 15.1. The zero-order valence-corrected chi connectivity index (χ0v) is 13.5. The monoisotopic (exact) mass is 281 g/mol. The van der Waals surface area contributed by atoms with Gasteiger partial charge in [-0.1, -0.05) is 69.3 Å². The van der Waals surface area contributed by atoms with Crippen molar-refractivity contribution in [2.75, 3.05) is 6.54 Å². The third-order valence-electron chi connectivity index (χ3n) is 4.04. The molecule has 0 atom stereocenters. The number of benzene rings is 2. The standard InChI is InChI=1S/C20H27N/c1-4-15-21-20(18-11-7-16(5-2)8-12-18)19-13-9-17(6-3)10-14-19/h7-14,20-21H,4-6,15H2,1-3H3. The molecule has 0 saturated carbocycles. The van der Waals surface area contributed by atoms with Gasteiger partial charge in [-0.2, -0.15) is 0 Å². The molecule has 0 aliphatic carbocycles. The van der Waals surface area contributed by atoms with Crippen LogP contribution in [0.25, 0.3) is 0 Å². The van der Waals surface area contributed by atoms with E-state index in [4.69, 9.17) is 0 Å². The van der Waals surface area contributed by atoms with Gasteiger partial charge in [0.1, 0.15) is 0 Å². The van der Waals surface area contributed by atoms with Gasteiger partial charge >= 0.3 is 0 Å². The fourth-order valence-corrected chi connectivity index (χ4v) is 2.61. The van der Waals surface area contributed by atoms with E-state index in [0.29, 0.717) is 6.04 Å². The molecule has 0 saturated heterocycles. The van der Waals surface area contributed by atoms with E-state index in [1.165, 1.54) is 22.3 Å². The van der Waals surface area contributed by atoms with Gasteiger partial charge in [0, 0.05) is 0 Å². The maximum Gasteiger partial charge on any atom is 0.0576 e. The molecular weight excluding hydrogens is 254 g/mol. The molecule has 2 rings (SSSR count). The predicted octanol–water partition coefficient (Wildman–Crippen LogP) is 4.90. The topological polar surface area (TPSA) is 12.0 Å². The minimum atomic E-state index is 0.293. The first-order chi connectivity index (χ1) is 10.3. The van der Waals surface area contributed by atoms with Gasteiger partial charge in [0.2, 0.25) is 0 Å². The van der Waals surface area contributed by atoms with Crippen molar-refractivity contribution in [3.8, 4) is 0 Å². The highest BCUT2D eigenvalue weighted by atomic mass is 14.9. The smallest absolute Gasteiger partial charge is 0.0576 e. The van der Waals surface area contributed by atoms with Crippen LogP contribution in [0, 0.1) is 0 Å². The Bertz CT molecular complexity index is 477. The summed E-state index contributed by atoms with van der Waals surface area (Å²) in [6, 6.07) is 18.3. The normalized spacial score (nSPS) is 11.0. The van der Waals surface area contributed by atoms with E-state index in [1.54, 1.807) is 0 Å². The summed E-state index contributed by atoms with van der Waals surface area (Å²) in [6.07, 6.45) is 3.34. The van der Waals surface area contributed by atoms with Crippen molar-refractivity contribution in [2.24, 2.45) is 0 Å². The summed E-state index contributed by atoms with van der Waals surface area (Å²) in [5.41, 5.74) is 5.50. The first kappa shape index (κ1) is 15.8. The lowest BCUT2D eigenvalue weighted by atomic mass is 9.96. The van der Waals surface area contributed by atoms with Gasteiger partial charge in [0.25, 0.3) is 0 Å². The Labute approximate surface area is 129 Å². The predicted molar refractivity (Wildman–Crippen MR) is 91.8 cm³/mol. The van der Waals surface area contributed by atoms with E-state index >= 15 is 0 Å². The second-order valence-electron chi connectivity index (χ2n) is 5.58. The quantitative estimate of drug-likeness (QED) is 0.761. The van der Waals surface area contributed by atoms with Gasteiger partial charge in [-0.25, -0.2) is 0 Å². The van der Waals surface area contributed by atoms with Crippen LogP contribution in [0.3, 0.4) is 0 Å². The molecule has 0 fully saturated rings. The largest absolute Gasteiger partial charge is 0.306 e. The van der Waals surface area contributed by atoms with Crippen molar-refractivity contribution in [1.29, 1.82) is 0 Å². The Balaban J connectivity index is 2.26. The summed E-state index contributed by atoms with van der Waals surface area (Å²) in [4.78, 5) is 0. The Morgan fingerprint density at radius 3 is 1.48 bits per heavy atom. The van der Waals surface area contributed by atoms with Crippen LogP contribution in [-0.4, -0.2) is 6.54 Å². The van der Waals surface area contributed by atoms with Gasteiger partial charge in [-0.3, -0.25) is 0 Å². The zero-order valence-electron chi connectivity index (χ0n) is 13.5. The highest BCUT2D eigenvalue weighted by Gasteiger charge is 2.13. The maximum absolute atomic E-state index is 3.68. The van der Waals surface area contributed by atoms with Crippen LogP contribution in [0.5, 0.6) is 0 Å². The molecular formula is C20H27N. The second-order valence-corrected chi connectivity index (χ2v) is 5.58. The Kier molecular flexibility index (Phi) is 6.01. The summed E-state index contributed by atoms with van der Waals surface area (Å²) in [6.45, 7) is 7.65. The van der Waals surface area contributed by atoms with Crippen molar-refractivity contribution in [3.05, 3.63) is 70.8 Å². The molecule has 21 heavy (non-hydrogen) atoms. The molecule has 1 heteroatoms. The molecule has 0 aliphatic rings. The minimum Gasteiger partial charge on any atom is -0.306 e. The van der Waals surface area contributed by atoms with E-state index < -0.39 is 0 Å². The number of rotatable bonds is 7. The second kappa shape index (κ2) is 7.99. The van der Waals surface area contributed by atoms with Crippen LogP contribution in [0.15, 0.2) is 48.5 Å². The van der Waals surface area contributed by atoms with Crippen LogP contribution in [0.2, 0.25) is 0 Å². The average molecular weight is 281 g/mol. The number of hydrogen-bond donors (Lipinski definition) is 1. The van der Waals surface area contributed by atoms with E-state index in [1.807, 2.05) is 0 Å². The third kappa shape index (κ3) is 4.18. The highest BCUT2D eigenvalue weighted by Crippen LogP contribution is 2.23. The van der Waals surface area contributed by atoms with Crippen LogP contribution in [-0.2, 0) is 12.8 Å². The summed E-state index contributed by atoms with van der Waals surface area (Å²) >= 11 is 0. The third-order valence-corrected chi connectivity index (χ3v) is 4.04. The van der Waals surface area contributed by atoms with Crippen LogP contribution in [0.1, 0.15) is 55.5 Å². The Morgan fingerprint density at radius 1 is 0.714 bits per heavy atom. The van der Waals surface area contributed by atoms with E-state index in [-0.39, 0.29) is 0 Å². The molecule has 112 valence electrons. The fraction of sp³-hybridized carbons (Fsp3) is 0.400. The van der Waals surface area contributed by atoms with Crippen molar-refractivity contribution < 1.29 is 0 Å². The average Bonchev–Trinajstić information content (AvgIpc) is 2.56. The minimum absolute atomic E-state index is 0.293. The maximum atomic E-state index is 3.68. The molecule has 2 aromatic rings. The first-order valence-electron chi connectivity index (χ1n) is 8.19. The fourth-order valence-electron chi connectivity index (χ4n) is 2.61.